The smallest absolute Gasteiger partial charge is 0.338 e. The van der Waals surface area contributed by atoms with E-state index in [4.69, 9.17) is 32.8 Å². The number of cyclic esters (lactones) is 1. The summed E-state index contributed by atoms with van der Waals surface area (Å²) in [5.74, 6) is -2.52. The first kappa shape index (κ1) is 56.6. The number of unbranched alkanes of at least 4 members (excludes halogenated alkanes) is 7. The fourth-order valence-corrected chi connectivity index (χ4v) is 14.9. The minimum atomic E-state index is -3.39. The molecule has 11 nitrogen and oxygen atoms in total. The summed E-state index contributed by atoms with van der Waals surface area (Å²) in [6.45, 7) is 18.2. The Morgan fingerprint density at radius 3 is 1.81 bits per heavy atom. The third-order valence-electron chi connectivity index (χ3n) is 14.3. The monoisotopic (exact) mass is 1020 g/mol. The highest BCUT2D eigenvalue weighted by Gasteiger charge is 2.65. The van der Waals surface area contributed by atoms with Crippen LogP contribution in [0.2, 0.25) is 24.7 Å². The Hall–Kier alpha value is -4.74. The van der Waals surface area contributed by atoms with E-state index in [1.807, 2.05) is 67.6 Å². The topological polar surface area (TPSA) is 128 Å². The Morgan fingerprint density at radius 1 is 0.736 bits per heavy atom. The molecule has 4 aromatic carbocycles. The third-order valence-corrected chi connectivity index (χ3v) is 21.9. The van der Waals surface area contributed by atoms with Crippen molar-refractivity contribution in [1.29, 1.82) is 0 Å². The quantitative estimate of drug-likeness (QED) is 0.0193. The van der Waals surface area contributed by atoms with Gasteiger partial charge in [0.2, 0.25) is 5.54 Å². The summed E-state index contributed by atoms with van der Waals surface area (Å²) in [6.07, 6.45) is 11.5. The zero-order valence-electron chi connectivity index (χ0n) is 44.2. The number of carbonyl (C=O) groups excluding carboxylic acids is 3. The summed E-state index contributed by atoms with van der Waals surface area (Å²) in [5, 5.41) is 4.51. The van der Waals surface area contributed by atoms with Gasteiger partial charge in [-0.2, -0.15) is 0 Å². The number of hydrogen-bond donors (Lipinski definition) is 1. The van der Waals surface area contributed by atoms with Crippen molar-refractivity contribution in [3.8, 4) is 0 Å². The van der Waals surface area contributed by atoms with Crippen molar-refractivity contribution < 1.29 is 47.2 Å². The lowest BCUT2D eigenvalue weighted by Crippen LogP contribution is -2.71. The van der Waals surface area contributed by atoms with E-state index in [0.717, 1.165) is 61.7 Å². The number of rotatable bonds is 28. The molecule has 4 aromatic rings. The molecule has 6 rings (SSSR count). The molecule has 0 aliphatic carbocycles. The molecule has 0 radical (unpaired) electrons. The van der Waals surface area contributed by atoms with Crippen LogP contribution in [0, 0.1) is 0 Å². The van der Waals surface area contributed by atoms with Gasteiger partial charge in [-0.15, -0.1) is 0 Å². The van der Waals surface area contributed by atoms with Gasteiger partial charge in [-0.25, -0.2) is 9.59 Å². The van der Waals surface area contributed by atoms with Crippen molar-refractivity contribution in [2.75, 3.05) is 26.6 Å². The Balaban J connectivity index is 1.36. The van der Waals surface area contributed by atoms with Gasteiger partial charge in [0, 0.05) is 24.1 Å². The number of esters is 2. The summed E-state index contributed by atoms with van der Waals surface area (Å²) in [4.78, 5) is 44.4. The Labute approximate surface area is 431 Å². The van der Waals surface area contributed by atoms with Crippen LogP contribution in [0.5, 0.6) is 0 Å². The highest BCUT2D eigenvalue weighted by atomic mass is 28.4. The second-order valence-electron chi connectivity index (χ2n) is 21.5. The Morgan fingerprint density at radius 2 is 1.26 bits per heavy atom. The predicted octanol–water partition coefficient (Wildman–Crippen LogP) is 11.1. The van der Waals surface area contributed by atoms with Crippen molar-refractivity contribution in [1.82, 2.24) is 5.32 Å². The molecule has 2 fully saturated rings. The fraction of sp³-hybridized carbons (Fsp3) is 0.508. The van der Waals surface area contributed by atoms with Crippen LogP contribution in [0.4, 0.5) is 0 Å². The predicted molar refractivity (Wildman–Crippen MR) is 290 cm³/mol. The minimum absolute atomic E-state index is 0.0559. The Bertz CT molecular complexity index is 2260. The van der Waals surface area contributed by atoms with Gasteiger partial charge >= 0.3 is 11.9 Å². The Kier molecular flexibility index (Phi) is 20.8. The SMILES string of the molecule is CCCCCCC1(CCCCCC/C=C/[C@H](OCOC(C)[Si](C)(C)C)[C@H]2OC(=O)[C@@](CO[Si](c3ccccc3)(c3ccccc3)C(C)(C)C)(NC(=O)c3ccccc3)[C@H]2OC(=O)c2ccccc2)OCCO1. The van der Waals surface area contributed by atoms with Gasteiger partial charge in [0.25, 0.3) is 14.2 Å². The lowest BCUT2D eigenvalue weighted by atomic mass is 9.89. The van der Waals surface area contributed by atoms with Gasteiger partial charge in [-0.05, 0) is 72.3 Å². The van der Waals surface area contributed by atoms with E-state index in [1.165, 1.54) is 19.3 Å². The van der Waals surface area contributed by atoms with Crippen LogP contribution in [0.1, 0.15) is 126 Å². The van der Waals surface area contributed by atoms with Crippen LogP contribution >= 0.6 is 0 Å². The molecule has 1 N–H and O–H groups in total. The van der Waals surface area contributed by atoms with Crippen LogP contribution in [-0.4, -0.2) is 96.2 Å². The molecule has 13 heteroatoms. The average Bonchev–Trinajstić information content (AvgIpc) is 3.95. The van der Waals surface area contributed by atoms with Crippen LogP contribution in [0.15, 0.2) is 133 Å². The molecule has 0 saturated carbocycles. The first-order valence-electron chi connectivity index (χ1n) is 26.3. The third kappa shape index (κ3) is 14.5. The fourth-order valence-electron chi connectivity index (χ4n) is 9.70. The molecular weight excluding hydrogens is 939 g/mol. The first-order valence-corrected chi connectivity index (χ1v) is 31.8. The van der Waals surface area contributed by atoms with Gasteiger partial charge < -0.3 is 38.2 Å². The van der Waals surface area contributed by atoms with Gasteiger partial charge in [-0.1, -0.05) is 189 Å². The molecule has 0 bridgehead atoms. The molecule has 1 unspecified atom stereocenters. The van der Waals surface area contributed by atoms with Crippen molar-refractivity contribution in [3.05, 3.63) is 145 Å². The molecule has 0 spiro atoms. The molecule has 0 aromatic heterocycles. The van der Waals surface area contributed by atoms with Crippen LogP contribution in [0.25, 0.3) is 0 Å². The minimum Gasteiger partial charge on any atom is -0.453 e. The standard InChI is InChI=1S/C59H81NO10Si2/c1-9-10-11-29-40-58(66-42-43-67-58)41-30-15-13-12-14-28-39-51(65-45-64-46(2)71(6,7)8)52-53(70-55(62)48-33-22-17-23-34-48)59(56(63)69-52,60-54(61)47-31-20-16-21-32-47)44-68-72(57(3,4)5,49-35-24-18-25-36-49)50-37-26-19-27-38-50/h16-28,31-39,46,51-53H,9-15,29-30,40-45H2,1-8H3,(H,60,61)/b39-28+/t46?,51-,52+,53-,59-/m0/s1. The number of benzene rings is 4. The highest BCUT2D eigenvalue weighted by Crippen LogP contribution is 2.41. The van der Waals surface area contributed by atoms with E-state index in [-0.39, 0.29) is 18.1 Å². The number of hydrogen-bond acceptors (Lipinski definition) is 10. The van der Waals surface area contributed by atoms with Gasteiger partial charge in [0.05, 0.1) is 33.5 Å². The van der Waals surface area contributed by atoms with Crippen LogP contribution in [0.3, 0.4) is 0 Å². The van der Waals surface area contributed by atoms with Crippen molar-refractivity contribution in [2.24, 2.45) is 0 Å². The maximum Gasteiger partial charge on any atom is 0.338 e. The van der Waals surface area contributed by atoms with Crippen LogP contribution in [-0.2, 0) is 37.6 Å². The van der Waals surface area contributed by atoms with E-state index in [1.54, 1.807) is 48.5 Å². The van der Waals surface area contributed by atoms with E-state index in [2.05, 4.69) is 76.9 Å². The van der Waals surface area contributed by atoms with E-state index in [9.17, 15) is 9.59 Å². The zero-order valence-corrected chi connectivity index (χ0v) is 46.2. The highest BCUT2D eigenvalue weighted by molar-refractivity contribution is 6.99. The van der Waals surface area contributed by atoms with Crippen molar-refractivity contribution >= 4 is 44.6 Å². The summed E-state index contributed by atoms with van der Waals surface area (Å²) in [5.41, 5.74) is -1.55. The zero-order chi connectivity index (χ0) is 51.7. The second-order valence-corrected chi connectivity index (χ2v) is 31.4. The second kappa shape index (κ2) is 26.5. The van der Waals surface area contributed by atoms with Crippen molar-refractivity contribution in [2.45, 2.75) is 165 Å². The van der Waals surface area contributed by atoms with Crippen molar-refractivity contribution in [3.63, 3.8) is 0 Å². The molecule has 5 atom stereocenters. The lowest BCUT2D eigenvalue weighted by molar-refractivity contribution is -0.168. The number of nitrogens with one attached hydrogen (secondary N) is 1. The van der Waals surface area contributed by atoms with Gasteiger partial charge in [0.15, 0.2) is 18.0 Å². The van der Waals surface area contributed by atoms with Gasteiger partial charge in [0.1, 0.15) is 12.9 Å². The van der Waals surface area contributed by atoms with E-state index < -0.39 is 75.5 Å². The number of amides is 1. The number of carbonyl (C=O) groups is 3. The molecule has 1 amide bonds. The summed E-state index contributed by atoms with van der Waals surface area (Å²) >= 11 is 0. The normalized spacial score (nSPS) is 20.0. The summed E-state index contributed by atoms with van der Waals surface area (Å²) in [7, 11) is -5.14. The number of ether oxygens (including phenoxy) is 6. The maximum atomic E-state index is 15.3. The van der Waals surface area contributed by atoms with E-state index >= 15 is 4.79 Å². The first-order chi connectivity index (χ1) is 34.6. The summed E-state index contributed by atoms with van der Waals surface area (Å²) in [6, 6.07) is 37.4. The molecule has 390 valence electrons. The molecule has 2 saturated heterocycles. The van der Waals surface area contributed by atoms with E-state index in [0.29, 0.717) is 18.8 Å². The number of allylic oxidation sites excluding steroid dienone is 1. The molecular formula is C59H81NO10Si2. The summed E-state index contributed by atoms with van der Waals surface area (Å²) < 4.78 is 45.8. The largest absolute Gasteiger partial charge is 0.453 e. The lowest BCUT2D eigenvalue weighted by Gasteiger charge is -2.45. The average molecular weight is 1020 g/mol. The molecule has 2 aliphatic rings. The maximum absolute atomic E-state index is 15.3. The molecule has 72 heavy (non-hydrogen) atoms. The molecule has 2 aliphatic heterocycles. The van der Waals surface area contributed by atoms with Gasteiger partial charge in [-0.3, -0.25) is 4.79 Å². The molecule has 2 heterocycles. The van der Waals surface area contributed by atoms with Crippen LogP contribution < -0.4 is 15.7 Å².